The molecule has 0 unspecified atom stereocenters. The number of rotatable bonds is 8. The molecule has 1 aliphatic rings. The second-order valence-electron chi connectivity index (χ2n) is 7.41. The summed E-state index contributed by atoms with van der Waals surface area (Å²) in [5.41, 5.74) is 8.52. The van der Waals surface area contributed by atoms with Crippen LogP contribution < -0.4 is 10.5 Å². The number of esters is 1. The predicted molar refractivity (Wildman–Crippen MR) is 119 cm³/mol. The van der Waals surface area contributed by atoms with Gasteiger partial charge in [0.1, 0.15) is 5.75 Å². The summed E-state index contributed by atoms with van der Waals surface area (Å²) in [6.07, 6.45) is -2.36. The highest BCUT2D eigenvalue weighted by atomic mass is 19.4. The van der Waals surface area contributed by atoms with Crippen molar-refractivity contribution in [1.29, 1.82) is 0 Å². The van der Waals surface area contributed by atoms with Gasteiger partial charge in [0.15, 0.2) is 6.61 Å². The minimum absolute atomic E-state index is 0.0735. The molecule has 2 aromatic carbocycles. The van der Waals surface area contributed by atoms with Crippen molar-refractivity contribution >= 4 is 29.1 Å². The Morgan fingerprint density at radius 1 is 1.06 bits per heavy atom. The zero-order valence-electron chi connectivity index (χ0n) is 18.3. The number of nitrogens with two attached hydrogens (primary N) is 1. The number of alkyl halides is 3. The lowest BCUT2D eigenvalue weighted by Crippen LogP contribution is -2.15. The number of primary amides is 1. The Hall–Kier alpha value is -3.55. The first kappa shape index (κ1) is 24.1. The molecule has 0 saturated heterocycles. The van der Waals surface area contributed by atoms with Gasteiger partial charge in [-0.05, 0) is 65.5 Å². The molecule has 3 rings (SSSR count). The average molecular weight is 459 g/mol. The summed E-state index contributed by atoms with van der Waals surface area (Å²) in [5, 5.41) is 0. The van der Waals surface area contributed by atoms with Gasteiger partial charge in [0.25, 0.3) is 0 Å². The van der Waals surface area contributed by atoms with E-state index in [0.29, 0.717) is 40.0 Å². The Balaban J connectivity index is 2.13. The Labute approximate surface area is 189 Å². The number of hydrogen-bond donors (Lipinski definition) is 1. The van der Waals surface area contributed by atoms with Crippen LogP contribution >= 0.6 is 0 Å². The van der Waals surface area contributed by atoms with E-state index in [2.05, 4.69) is 0 Å². The molecule has 2 aromatic rings. The third-order valence-corrected chi connectivity index (χ3v) is 5.19. The van der Waals surface area contributed by atoms with E-state index >= 15 is 0 Å². The minimum atomic E-state index is -4.46. The summed E-state index contributed by atoms with van der Waals surface area (Å²) in [6, 6.07) is 10.2. The first-order valence-corrected chi connectivity index (χ1v) is 10.5. The van der Waals surface area contributed by atoms with E-state index in [0.717, 1.165) is 17.7 Å². The molecule has 0 spiro atoms. The molecule has 0 heterocycles. The van der Waals surface area contributed by atoms with Gasteiger partial charge in [-0.15, -0.1) is 0 Å². The number of carbonyl (C=O) groups is 2. The third kappa shape index (κ3) is 5.45. The molecule has 174 valence electrons. The second kappa shape index (κ2) is 9.94. The van der Waals surface area contributed by atoms with Gasteiger partial charge in [0.05, 0.1) is 18.6 Å². The number of halogens is 3. The number of ether oxygens (including phenoxy) is 2. The number of carbonyl (C=O) groups excluding carboxylic acids is 2. The van der Waals surface area contributed by atoms with Gasteiger partial charge in [-0.1, -0.05) is 31.2 Å². The van der Waals surface area contributed by atoms with Gasteiger partial charge in [-0.2, -0.15) is 13.2 Å². The Morgan fingerprint density at radius 3 is 2.42 bits per heavy atom. The molecular formula is C25H24F3NO4. The van der Waals surface area contributed by atoms with Crippen molar-refractivity contribution in [3.05, 3.63) is 70.3 Å². The summed E-state index contributed by atoms with van der Waals surface area (Å²) in [7, 11) is 0. The average Bonchev–Trinajstić information content (AvgIpc) is 3.04. The van der Waals surface area contributed by atoms with Crippen molar-refractivity contribution < 1.29 is 32.2 Å². The maximum atomic E-state index is 13.2. The van der Waals surface area contributed by atoms with Crippen LogP contribution in [0, 0.1) is 0 Å². The van der Waals surface area contributed by atoms with E-state index < -0.39 is 23.6 Å². The molecule has 8 heteroatoms. The van der Waals surface area contributed by atoms with Gasteiger partial charge in [-0.3, -0.25) is 4.79 Å². The molecule has 5 nitrogen and oxygen atoms in total. The van der Waals surface area contributed by atoms with Crippen molar-refractivity contribution in [3.8, 4) is 5.75 Å². The van der Waals surface area contributed by atoms with E-state index in [1.807, 2.05) is 6.92 Å². The lowest BCUT2D eigenvalue weighted by Gasteiger charge is -2.13. The largest absolute Gasteiger partial charge is 0.481 e. The lowest BCUT2D eigenvalue weighted by molar-refractivity contribution is -0.145. The van der Waals surface area contributed by atoms with Crippen molar-refractivity contribution in [2.75, 3.05) is 13.2 Å². The zero-order chi connectivity index (χ0) is 24.2. The van der Waals surface area contributed by atoms with E-state index in [1.165, 1.54) is 6.07 Å². The summed E-state index contributed by atoms with van der Waals surface area (Å²) in [5.74, 6) is -0.721. The number of hydrogen-bond acceptors (Lipinski definition) is 4. The normalized spacial score (nSPS) is 14.4. The summed E-state index contributed by atoms with van der Waals surface area (Å²) in [4.78, 5) is 23.6. The van der Waals surface area contributed by atoms with Gasteiger partial charge in [0, 0.05) is 5.56 Å². The minimum Gasteiger partial charge on any atom is -0.481 e. The lowest BCUT2D eigenvalue weighted by atomic mass is 9.97. The molecule has 1 amide bonds. The van der Waals surface area contributed by atoms with Gasteiger partial charge in [0.2, 0.25) is 5.91 Å². The summed E-state index contributed by atoms with van der Waals surface area (Å²) >= 11 is 0. The van der Waals surface area contributed by atoms with Crippen LogP contribution in [-0.2, 0) is 20.5 Å². The monoisotopic (exact) mass is 459 g/mol. The molecular weight excluding hydrogens is 435 g/mol. The standard InChI is InChI=1S/C25H24F3NO4/c1-3-17-19(12-15-7-5-8-16(11-15)25(26,27)28)18-9-6-10-21(33-14-23(31)32-4-2)24(18)20(17)13-22(29)30/h5-12H,3-4,13-14H2,1-2H3,(H2,29,30)/b19-12-. The van der Waals surface area contributed by atoms with Crippen molar-refractivity contribution in [2.24, 2.45) is 5.73 Å². The summed E-state index contributed by atoms with van der Waals surface area (Å²) in [6.45, 7) is 3.47. The quantitative estimate of drug-likeness (QED) is 0.548. The number of benzene rings is 2. The molecule has 33 heavy (non-hydrogen) atoms. The van der Waals surface area contributed by atoms with Crippen LogP contribution in [0.1, 0.15) is 48.9 Å². The zero-order valence-corrected chi connectivity index (χ0v) is 18.3. The molecule has 0 fully saturated rings. The second-order valence-corrected chi connectivity index (χ2v) is 7.41. The fourth-order valence-corrected chi connectivity index (χ4v) is 3.91. The third-order valence-electron chi connectivity index (χ3n) is 5.19. The van der Waals surface area contributed by atoms with Crippen molar-refractivity contribution in [3.63, 3.8) is 0 Å². The highest BCUT2D eigenvalue weighted by molar-refractivity contribution is 6.09. The predicted octanol–water partition coefficient (Wildman–Crippen LogP) is 5.24. The van der Waals surface area contributed by atoms with Crippen LogP contribution in [0.5, 0.6) is 5.75 Å². The molecule has 0 saturated carbocycles. The highest BCUT2D eigenvalue weighted by Crippen LogP contribution is 2.48. The van der Waals surface area contributed by atoms with E-state index in [4.69, 9.17) is 15.2 Å². The van der Waals surface area contributed by atoms with Gasteiger partial charge < -0.3 is 15.2 Å². The molecule has 0 aliphatic heterocycles. The summed E-state index contributed by atoms with van der Waals surface area (Å²) < 4.78 is 50.2. The van der Waals surface area contributed by atoms with E-state index in [9.17, 15) is 22.8 Å². The fraction of sp³-hybridized carbons (Fsp3) is 0.280. The Kier molecular flexibility index (Phi) is 7.26. The van der Waals surface area contributed by atoms with Crippen LogP contribution in [0.15, 0.2) is 48.0 Å². The SMILES string of the molecule is CCOC(=O)COc1cccc2c1C(CC(N)=O)=C(CC)/C2=C/c1cccc(C(F)(F)F)c1. The Morgan fingerprint density at radius 2 is 1.79 bits per heavy atom. The molecule has 0 atom stereocenters. The van der Waals surface area contributed by atoms with Crippen LogP contribution in [0.3, 0.4) is 0 Å². The molecule has 0 radical (unpaired) electrons. The van der Waals surface area contributed by atoms with E-state index in [-0.39, 0.29) is 19.6 Å². The smallest absolute Gasteiger partial charge is 0.416 e. The van der Waals surface area contributed by atoms with Crippen molar-refractivity contribution in [2.45, 2.75) is 32.9 Å². The first-order chi connectivity index (χ1) is 15.7. The van der Waals surface area contributed by atoms with Crippen molar-refractivity contribution in [1.82, 2.24) is 0 Å². The highest BCUT2D eigenvalue weighted by Gasteiger charge is 2.31. The maximum Gasteiger partial charge on any atom is 0.416 e. The first-order valence-electron chi connectivity index (χ1n) is 10.5. The maximum absolute atomic E-state index is 13.2. The molecule has 1 aliphatic carbocycles. The number of allylic oxidation sites excluding steroid dienone is 2. The Bertz CT molecular complexity index is 1130. The van der Waals surface area contributed by atoms with Crippen LogP contribution in [0.25, 0.3) is 17.2 Å². The van der Waals surface area contributed by atoms with Crippen LogP contribution in [0.4, 0.5) is 13.2 Å². The fourth-order valence-electron chi connectivity index (χ4n) is 3.91. The number of fused-ring (bicyclic) bond motifs is 1. The molecule has 2 N–H and O–H groups in total. The topological polar surface area (TPSA) is 78.6 Å². The van der Waals surface area contributed by atoms with Crippen LogP contribution in [0.2, 0.25) is 0 Å². The molecule has 0 aromatic heterocycles. The van der Waals surface area contributed by atoms with Gasteiger partial charge in [-0.25, -0.2) is 4.79 Å². The molecule has 0 bridgehead atoms. The van der Waals surface area contributed by atoms with Gasteiger partial charge >= 0.3 is 12.1 Å². The van der Waals surface area contributed by atoms with E-state index in [1.54, 1.807) is 37.3 Å². The number of amides is 1. The van der Waals surface area contributed by atoms with Crippen LogP contribution in [-0.4, -0.2) is 25.1 Å².